The van der Waals surface area contributed by atoms with Crippen LogP contribution in [0.3, 0.4) is 0 Å². The van der Waals surface area contributed by atoms with E-state index in [-0.39, 0.29) is 15.4 Å². The summed E-state index contributed by atoms with van der Waals surface area (Å²) in [5.74, 6) is -2.72. The first-order valence-corrected chi connectivity index (χ1v) is 5.18. The maximum atomic E-state index is 13.3. The highest BCUT2D eigenvalue weighted by Gasteiger charge is 2.40. The van der Waals surface area contributed by atoms with Gasteiger partial charge in [0.25, 0.3) is 5.78 Å². The molecule has 0 saturated heterocycles. The largest absolute Gasteiger partial charge is 0.454 e. The maximum Gasteiger partial charge on any atom is 0.454 e. The van der Waals surface area contributed by atoms with Crippen molar-refractivity contribution in [1.82, 2.24) is 4.98 Å². The van der Waals surface area contributed by atoms with Gasteiger partial charge in [0.15, 0.2) is 0 Å². The van der Waals surface area contributed by atoms with E-state index in [1.165, 1.54) is 6.07 Å². The first-order chi connectivity index (χ1) is 7.82. The van der Waals surface area contributed by atoms with E-state index in [0.29, 0.717) is 0 Å². The van der Waals surface area contributed by atoms with E-state index in [0.717, 1.165) is 12.3 Å². The number of fused-ring (bicyclic) bond motifs is 1. The van der Waals surface area contributed by atoms with Crippen molar-refractivity contribution >= 4 is 32.6 Å². The van der Waals surface area contributed by atoms with Gasteiger partial charge in [-0.15, -0.1) is 0 Å². The molecule has 0 aliphatic rings. The molecule has 0 bridgehead atoms. The zero-order chi connectivity index (χ0) is 12.8. The minimum atomic E-state index is -4.99. The van der Waals surface area contributed by atoms with Crippen LogP contribution in [0.5, 0.6) is 0 Å². The average molecular weight is 310 g/mol. The first kappa shape index (κ1) is 12.1. The van der Waals surface area contributed by atoms with E-state index in [1.807, 2.05) is 0 Å². The molecule has 0 saturated carbocycles. The molecule has 0 aliphatic heterocycles. The number of aromatic amines is 1. The number of carbonyl (C=O) groups is 1. The number of nitrogens with one attached hydrogen (secondary N) is 1. The Labute approximate surface area is 101 Å². The van der Waals surface area contributed by atoms with Gasteiger partial charge in [-0.25, -0.2) is 4.39 Å². The number of ketones is 1. The Kier molecular flexibility index (Phi) is 2.73. The van der Waals surface area contributed by atoms with Crippen molar-refractivity contribution < 1.29 is 22.4 Å². The molecule has 7 heteroatoms. The second-order valence-electron chi connectivity index (χ2n) is 3.31. The van der Waals surface area contributed by atoms with Crippen molar-refractivity contribution in [1.29, 1.82) is 0 Å². The topological polar surface area (TPSA) is 32.9 Å². The molecule has 0 spiro atoms. The number of hydrogen-bond donors (Lipinski definition) is 1. The first-order valence-electron chi connectivity index (χ1n) is 4.39. The molecule has 1 N–H and O–H groups in total. The van der Waals surface area contributed by atoms with Crippen molar-refractivity contribution in [3.05, 3.63) is 34.2 Å². The van der Waals surface area contributed by atoms with Crippen LogP contribution in [0, 0.1) is 5.82 Å². The summed E-state index contributed by atoms with van der Waals surface area (Å²) in [6, 6.07) is 2.34. The number of carbonyl (C=O) groups excluding carboxylic acids is 1. The predicted molar refractivity (Wildman–Crippen MR) is 56.3 cm³/mol. The number of rotatable bonds is 1. The van der Waals surface area contributed by atoms with Gasteiger partial charge in [-0.1, -0.05) is 15.9 Å². The monoisotopic (exact) mass is 309 g/mol. The SMILES string of the molecule is O=C(c1c[nH]c2c(F)ccc(Br)c12)C(F)(F)F. The molecule has 0 unspecified atom stereocenters. The summed E-state index contributed by atoms with van der Waals surface area (Å²) in [6.45, 7) is 0. The smallest absolute Gasteiger partial charge is 0.358 e. The molecule has 0 fully saturated rings. The van der Waals surface area contributed by atoms with Crippen molar-refractivity contribution in [2.45, 2.75) is 6.18 Å². The van der Waals surface area contributed by atoms with Crippen LogP contribution in [0.2, 0.25) is 0 Å². The van der Waals surface area contributed by atoms with Gasteiger partial charge in [0, 0.05) is 16.1 Å². The van der Waals surface area contributed by atoms with Crippen LogP contribution >= 0.6 is 15.9 Å². The highest BCUT2D eigenvalue weighted by molar-refractivity contribution is 9.10. The van der Waals surface area contributed by atoms with Crippen LogP contribution in [0.1, 0.15) is 10.4 Å². The van der Waals surface area contributed by atoms with Gasteiger partial charge in [-0.3, -0.25) is 4.79 Å². The third-order valence-corrected chi connectivity index (χ3v) is 2.90. The molecular formula is C10H4BrF4NO. The number of H-pyrrole nitrogens is 1. The molecule has 1 aromatic heterocycles. The third-order valence-electron chi connectivity index (χ3n) is 2.24. The Hall–Kier alpha value is -1.37. The lowest BCUT2D eigenvalue weighted by atomic mass is 10.1. The molecule has 2 nitrogen and oxygen atoms in total. The highest BCUT2D eigenvalue weighted by Crippen LogP contribution is 2.32. The average Bonchev–Trinajstić information content (AvgIpc) is 2.66. The van der Waals surface area contributed by atoms with Crippen molar-refractivity contribution in [3.63, 3.8) is 0 Å². The molecule has 0 amide bonds. The number of halogens is 5. The Morgan fingerprint density at radius 3 is 2.53 bits per heavy atom. The number of aromatic nitrogens is 1. The van der Waals surface area contributed by atoms with E-state index in [2.05, 4.69) is 20.9 Å². The molecule has 1 aromatic carbocycles. The summed E-state index contributed by atoms with van der Waals surface area (Å²) in [5, 5.41) is -0.104. The van der Waals surface area contributed by atoms with Crippen LogP contribution in [-0.2, 0) is 0 Å². The van der Waals surface area contributed by atoms with E-state index < -0.39 is 23.3 Å². The zero-order valence-corrected chi connectivity index (χ0v) is 9.62. The second kappa shape index (κ2) is 3.83. The summed E-state index contributed by atoms with van der Waals surface area (Å²) >= 11 is 2.99. The molecule has 2 rings (SSSR count). The second-order valence-corrected chi connectivity index (χ2v) is 4.16. The molecule has 0 radical (unpaired) electrons. The van der Waals surface area contributed by atoms with E-state index in [9.17, 15) is 22.4 Å². The zero-order valence-electron chi connectivity index (χ0n) is 8.03. The lowest BCUT2D eigenvalue weighted by Gasteiger charge is -2.04. The number of benzene rings is 1. The number of Topliss-reactive ketones (excluding diaryl/α,β-unsaturated/α-hetero) is 1. The van der Waals surface area contributed by atoms with Crippen LogP contribution in [0.25, 0.3) is 10.9 Å². The molecule has 0 atom stereocenters. The Bertz CT molecular complexity index is 602. The lowest BCUT2D eigenvalue weighted by molar-refractivity contribution is -0.0884. The number of alkyl halides is 3. The van der Waals surface area contributed by atoms with Gasteiger partial charge in [0.05, 0.1) is 11.1 Å². The summed E-state index contributed by atoms with van der Waals surface area (Å²) in [4.78, 5) is 13.4. The Balaban J connectivity index is 2.73. The van der Waals surface area contributed by atoms with Gasteiger partial charge < -0.3 is 4.98 Å². The van der Waals surface area contributed by atoms with Crippen LogP contribution < -0.4 is 0 Å². The minimum Gasteiger partial charge on any atom is -0.358 e. The molecular weight excluding hydrogens is 306 g/mol. The standard InChI is InChI=1S/C10H4BrF4NO/c11-5-1-2-6(12)8-7(5)4(3-16-8)9(17)10(13,14)15/h1-3,16H. The Morgan fingerprint density at radius 2 is 1.94 bits per heavy atom. The summed E-state index contributed by atoms with van der Waals surface area (Å²) < 4.78 is 50.4. The van der Waals surface area contributed by atoms with E-state index >= 15 is 0 Å². The van der Waals surface area contributed by atoms with Crippen LogP contribution in [0.15, 0.2) is 22.8 Å². The fourth-order valence-electron chi connectivity index (χ4n) is 1.50. The van der Waals surface area contributed by atoms with Gasteiger partial charge in [-0.2, -0.15) is 13.2 Å². The lowest BCUT2D eigenvalue weighted by Crippen LogP contribution is -2.22. The van der Waals surface area contributed by atoms with E-state index in [4.69, 9.17) is 0 Å². The maximum absolute atomic E-state index is 13.3. The predicted octanol–water partition coefficient (Wildman–Crippen LogP) is 3.81. The van der Waals surface area contributed by atoms with Crippen molar-refractivity contribution in [3.8, 4) is 0 Å². The van der Waals surface area contributed by atoms with Crippen LogP contribution in [-0.4, -0.2) is 16.9 Å². The van der Waals surface area contributed by atoms with Gasteiger partial charge >= 0.3 is 6.18 Å². The molecule has 17 heavy (non-hydrogen) atoms. The van der Waals surface area contributed by atoms with Gasteiger partial charge in [0.1, 0.15) is 5.82 Å². The summed E-state index contributed by atoms with van der Waals surface area (Å²) in [5.41, 5.74) is -0.731. The Morgan fingerprint density at radius 1 is 1.29 bits per heavy atom. The molecule has 90 valence electrons. The summed E-state index contributed by atoms with van der Waals surface area (Å²) in [6.07, 6.45) is -4.13. The molecule has 2 aromatic rings. The number of hydrogen-bond acceptors (Lipinski definition) is 1. The highest BCUT2D eigenvalue weighted by atomic mass is 79.9. The van der Waals surface area contributed by atoms with Gasteiger partial charge in [-0.05, 0) is 12.1 Å². The summed E-state index contributed by atoms with van der Waals surface area (Å²) in [7, 11) is 0. The quantitative estimate of drug-likeness (QED) is 0.630. The third kappa shape index (κ3) is 1.95. The van der Waals surface area contributed by atoms with E-state index in [1.54, 1.807) is 0 Å². The molecule has 1 heterocycles. The van der Waals surface area contributed by atoms with Gasteiger partial charge in [0.2, 0.25) is 0 Å². The van der Waals surface area contributed by atoms with Crippen molar-refractivity contribution in [2.24, 2.45) is 0 Å². The van der Waals surface area contributed by atoms with Crippen molar-refractivity contribution in [2.75, 3.05) is 0 Å². The van der Waals surface area contributed by atoms with Crippen LogP contribution in [0.4, 0.5) is 17.6 Å². The minimum absolute atomic E-state index is 0.104. The normalized spacial score (nSPS) is 12.1. The fraction of sp³-hybridized carbons (Fsp3) is 0.100. The fourth-order valence-corrected chi connectivity index (χ4v) is 2.05. The molecule has 0 aliphatic carbocycles.